The molecule has 3 rings (SSSR count). The Balaban J connectivity index is 1.69. The summed E-state index contributed by atoms with van der Waals surface area (Å²) in [5.41, 5.74) is 12.2. The van der Waals surface area contributed by atoms with Gasteiger partial charge in [-0.1, -0.05) is 67.2 Å². The van der Waals surface area contributed by atoms with E-state index in [1.54, 1.807) is 0 Å². The van der Waals surface area contributed by atoms with E-state index in [0.717, 1.165) is 30.5 Å². The molecule has 2 aromatic rings. The molecule has 1 aliphatic heterocycles. The maximum atomic E-state index is 9.21. The van der Waals surface area contributed by atoms with E-state index >= 15 is 0 Å². The normalized spacial score (nSPS) is 14.9. The molecule has 0 fully saturated rings. The molecule has 3 heteroatoms. The number of rotatable bonds is 8. The summed E-state index contributed by atoms with van der Waals surface area (Å²) in [5.74, 6) is 0. The summed E-state index contributed by atoms with van der Waals surface area (Å²) in [5, 5.41) is 9.21. The molecular formula is C25H27N3. The molecule has 0 radical (unpaired) electrons. The molecule has 0 saturated heterocycles. The Kier molecular flexibility index (Phi) is 6.84. The van der Waals surface area contributed by atoms with Crippen molar-refractivity contribution in [3.63, 3.8) is 0 Å². The molecule has 142 valence electrons. The van der Waals surface area contributed by atoms with Gasteiger partial charge in [0.25, 0.3) is 0 Å². The Bertz CT molecular complexity index is 888. The number of hydrogen-bond acceptors (Lipinski definition) is 3. The van der Waals surface area contributed by atoms with Gasteiger partial charge in [0, 0.05) is 24.5 Å². The fraction of sp³-hybridized carbons (Fsp3) is 0.240. The van der Waals surface area contributed by atoms with Crippen LogP contribution in [0.4, 0.5) is 0 Å². The quantitative estimate of drug-likeness (QED) is 0.731. The number of nitrogens with zero attached hydrogens (tertiary/aromatic N) is 2. The number of aryl methyl sites for hydroxylation is 1. The Hall–Kier alpha value is -3.09. The maximum Gasteiger partial charge on any atom is 0.0754 e. The first-order valence-electron chi connectivity index (χ1n) is 9.73. The lowest BCUT2D eigenvalue weighted by Gasteiger charge is -2.31. The van der Waals surface area contributed by atoms with Gasteiger partial charge in [0.1, 0.15) is 0 Å². The van der Waals surface area contributed by atoms with Crippen LogP contribution < -0.4 is 5.73 Å². The molecule has 3 nitrogen and oxygen atoms in total. The van der Waals surface area contributed by atoms with Crippen molar-refractivity contribution in [3.05, 3.63) is 107 Å². The first kappa shape index (κ1) is 19.7. The topological polar surface area (TPSA) is 53.0 Å². The molecule has 0 saturated carbocycles. The van der Waals surface area contributed by atoms with E-state index in [1.165, 1.54) is 16.7 Å². The van der Waals surface area contributed by atoms with Crippen LogP contribution in [0, 0.1) is 11.3 Å². The Morgan fingerprint density at radius 1 is 0.964 bits per heavy atom. The van der Waals surface area contributed by atoms with E-state index < -0.39 is 0 Å². The molecule has 0 amide bonds. The smallest absolute Gasteiger partial charge is 0.0754 e. The highest BCUT2D eigenvalue weighted by Crippen LogP contribution is 2.27. The number of nitriles is 1. The average Bonchev–Trinajstić information content (AvgIpc) is 2.70. The molecule has 0 spiro atoms. The summed E-state index contributed by atoms with van der Waals surface area (Å²) in [4.78, 5) is 2.14. The molecule has 2 aromatic carbocycles. The van der Waals surface area contributed by atoms with E-state index in [0.29, 0.717) is 13.0 Å². The van der Waals surface area contributed by atoms with Crippen molar-refractivity contribution >= 4 is 0 Å². The van der Waals surface area contributed by atoms with Crippen molar-refractivity contribution in [2.24, 2.45) is 5.73 Å². The summed E-state index contributed by atoms with van der Waals surface area (Å²) in [6.07, 6.45) is 7.24. The highest BCUT2D eigenvalue weighted by molar-refractivity contribution is 5.44. The minimum Gasteiger partial charge on any atom is -0.349 e. The van der Waals surface area contributed by atoms with Crippen LogP contribution in [0.3, 0.4) is 0 Å². The number of hydrogen-bond donors (Lipinski definition) is 1. The third-order valence-corrected chi connectivity index (χ3v) is 4.99. The van der Waals surface area contributed by atoms with Crippen LogP contribution >= 0.6 is 0 Å². The van der Waals surface area contributed by atoms with Gasteiger partial charge in [-0.25, -0.2) is 0 Å². The molecule has 1 heterocycles. The number of allylic oxidation sites excluding steroid dienone is 4. The first-order chi connectivity index (χ1) is 13.7. The molecule has 28 heavy (non-hydrogen) atoms. The van der Waals surface area contributed by atoms with Crippen LogP contribution in [-0.4, -0.2) is 17.5 Å². The Labute approximate surface area is 168 Å². The SMILES string of the molecule is C=C1C=C(CC#N)N(CC(N)Cc2ccccc2)C=C1CCc1ccccc1. The minimum atomic E-state index is -0.0116. The Morgan fingerprint density at radius 2 is 1.61 bits per heavy atom. The van der Waals surface area contributed by atoms with E-state index in [1.807, 2.05) is 30.3 Å². The monoisotopic (exact) mass is 369 g/mol. The van der Waals surface area contributed by atoms with Gasteiger partial charge in [0.2, 0.25) is 0 Å². The molecule has 1 unspecified atom stereocenters. The number of benzene rings is 2. The van der Waals surface area contributed by atoms with Crippen molar-refractivity contribution in [2.75, 3.05) is 6.54 Å². The summed E-state index contributed by atoms with van der Waals surface area (Å²) in [6.45, 7) is 4.89. The second-order valence-corrected chi connectivity index (χ2v) is 7.24. The van der Waals surface area contributed by atoms with Crippen molar-refractivity contribution in [1.82, 2.24) is 4.90 Å². The third-order valence-electron chi connectivity index (χ3n) is 4.99. The molecule has 1 atom stereocenters. The van der Waals surface area contributed by atoms with E-state index in [9.17, 15) is 5.26 Å². The van der Waals surface area contributed by atoms with Gasteiger partial charge in [-0.2, -0.15) is 5.26 Å². The van der Waals surface area contributed by atoms with Crippen LogP contribution in [0.25, 0.3) is 0 Å². The summed E-state index contributed by atoms with van der Waals surface area (Å²) < 4.78 is 0. The maximum absolute atomic E-state index is 9.21. The van der Waals surface area contributed by atoms with Gasteiger partial charge in [-0.3, -0.25) is 0 Å². The van der Waals surface area contributed by atoms with Gasteiger partial charge in [-0.05, 0) is 47.6 Å². The van der Waals surface area contributed by atoms with Crippen LogP contribution in [-0.2, 0) is 12.8 Å². The summed E-state index contributed by atoms with van der Waals surface area (Å²) >= 11 is 0. The van der Waals surface area contributed by atoms with Crippen LogP contribution in [0.5, 0.6) is 0 Å². The van der Waals surface area contributed by atoms with Crippen molar-refractivity contribution in [1.29, 1.82) is 5.26 Å². The first-order valence-corrected chi connectivity index (χ1v) is 9.73. The Morgan fingerprint density at radius 3 is 2.25 bits per heavy atom. The standard InChI is InChI=1S/C25H27N3/c1-20-16-25(14-15-26)28(19-24(27)17-22-10-6-3-7-11-22)18-23(20)13-12-21-8-4-2-5-9-21/h2-11,16,18,24H,1,12-14,17,19,27H2. The van der Waals surface area contributed by atoms with E-state index in [4.69, 9.17) is 5.73 Å². The van der Waals surface area contributed by atoms with Crippen LogP contribution in [0.1, 0.15) is 24.0 Å². The lowest BCUT2D eigenvalue weighted by atomic mass is 9.95. The van der Waals surface area contributed by atoms with Gasteiger partial charge >= 0.3 is 0 Å². The molecule has 2 N–H and O–H groups in total. The lowest BCUT2D eigenvalue weighted by molar-refractivity contribution is 0.403. The number of nitrogens with two attached hydrogens (primary N) is 1. The predicted octanol–water partition coefficient (Wildman–Crippen LogP) is 4.74. The van der Waals surface area contributed by atoms with Crippen molar-refractivity contribution < 1.29 is 0 Å². The predicted molar refractivity (Wildman–Crippen MR) is 115 cm³/mol. The second-order valence-electron chi connectivity index (χ2n) is 7.24. The van der Waals surface area contributed by atoms with E-state index in [2.05, 4.69) is 60.1 Å². The zero-order chi connectivity index (χ0) is 19.8. The molecular weight excluding hydrogens is 342 g/mol. The van der Waals surface area contributed by atoms with Crippen LogP contribution in [0.15, 0.2) is 96.4 Å². The molecule has 0 aliphatic carbocycles. The fourth-order valence-corrected chi connectivity index (χ4v) is 3.52. The average molecular weight is 370 g/mol. The molecule has 0 aromatic heterocycles. The van der Waals surface area contributed by atoms with E-state index in [-0.39, 0.29) is 6.04 Å². The highest BCUT2D eigenvalue weighted by atomic mass is 15.1. The van der Waals surface area contributed by atoms with Gasteiger partial charge in [0.05, 0.1) is 12.5 Å². The van der Waals surface area contributed by atoms with Crippen LogP contribution in [0.2, 0.25) is 0 Å². The lowest BCUT2D eigenvalue weighted by Crippen LogP contribution is -2.37. The zero-order valence-corrected chi connectivity index (χ0v) is 16.2. The summed E-state index contributed by atoms with van der Waals surface area (Å²) in [6, 6.07) is 23.0. The fourth-order valence-electron chi connectivity index (χ4n) is 3.52. The van der Waals surface area contributed by atoms with Crippen molar-refractivity contribution in [3.8, 4) is 6.07 Å². The minimum absolute atomic E-state index is 0.0116. The van der Waals surface area contributed by atoms with Crippen molar-refractivity contribution in [2.45, 2.75) is 31.7 Å². The largest absolute Gasteiger partial charge is 0.349 e. The molecule has 0 bridgehead atoms. The third kappa shape index (κ3) is 5.45. The second kappa shape index (κ2) is 9.73. The van der Waals surface area contributed by atoms with Gasteiger partial charge in [0.15, 0.2) is 0 Å². The summed E-state index contributed by atoms with van der Waals surface area (Å²) in [7, 11) is 0. The highest BCUT2D eigenvalue weighted by Gasteiger charge is 2.18. The molecule has 1 aliphatic rings. The zero-order valence-electron chi connectivity index (χ0n) is 16.2. The van der Waals surface area contributed by atoms with Gasteiger partial charge < -0.3 is 10.6 Å². The van der Waals surface area contributed by atoms with Gasteiger partial charge in [-0.15, -0.1) is 0 Å².